The van der Waals surface area contributed by atoms with E-state index in [0.29, 0.717) is 21.5 Å². The van der Waals surface area contributed by atoms with Crippen molar-refractivity contribution in [3.05, 3.63) is 95.6 Å². The van der Waals surface area contributed by atoms with Gasteiger partial charge in [-0.05, 0) is 40.8 Å². The van der Waals surface area contributed by atoms with Crippen LogP contribution in [0.15, 0.2) is 84.5 Å². The summed E-state index contributed by atoms with van der Waals surface area (Å²) in [6.45, 7) is 0. The van der Waals surface area contributed by atoms with Crippen LogP contribution in [0.1, 0.15) is 17.2 Å². The van der Waals surface area contributed by atoms with E-state index in [1.54, 1.807) is 61.0 Å². The van der Waals surface area contributed by atoms with E-state index in [9.17, 15) is 18.0 Å². The molecule has 1 unspecified atom stereocenters. The summed E-state index contributed by atoms with van der Waals surface area (Å²) in [5.41, 5.74) is 9.73. The molecule has 0 saturated carbocycles. The fourth-order valence-corrected chi connectivity index (χ4v) is 5.33. The largest absolute Gasteiger partial charge is 0.497 e. The van der Waals surface area contributed by atoms with Gasteiger partial charge in [-0.1, -0.05) is 60.7 Å². The Morgan fingerprint density at radius 3 is 2.33 bits per heavy atom. The minimum absolute atomic E-state index is 0. The van der Waals surface area contributed by atoms with Crippen molar-refractivity contribution in [1.82, 2.24) is 9.97 Å². The molecule has 0 aliphatic rings. The van der Waals surface area contributed by atoms with Gasteiger partial charge in [0, 0.05) is 16.5 Å². The number of alkyl halides is 3. The summed E-state index contributed by atoms with van der Waals surface area (Å²) in [4.78, 5) is 19.4. The van der Waals surface area contributed by atoms with E-state index in [1.165, 1.54) is 29.8 Å². The van der Waals surface area contributed by atoms with Gasteiger partial charge >= 0.3 is 12.1 Å². The van der Waals surface area contributed by atoms with Crippen LogP contribution in [0.4, 0.5) is 13.2 Å². The number of carboxylic acid groups (broad SMARTS) is 1. The summed E-state index contributed by atoms with van der Waals surface area (Å²) < 4.78 is 53.9. The Morgan fingerprint density at radius 2 is 1.69 bits per heavy atom. The molecule has 7 nitrogen and oxygen atoms in total. The number of carboxylic acids is 1. The molecule has 3 aromatic carbocycles. The number of ether oxygens (including phenoxy) is 2. The summed E-state index contributed by atoms with van der Waals surface area (Å²) in [5, 5.41) is 10.8. The van der Waals surface area contributed by atoms with E-state index >= 15 is 0 Å². The second-order valence-corrected chi connectivity index (χ2v) is 10.1. The lowest BCUT2D eigenvalue weighted by Gasteiger charge is -2.22. The third-order valence-electron chi connectivity index (χ3n) is 6.50. The summed E-state index contributed by atoms with van der Waals surface area (Å²) in [6.07, 6.45) is -5.61. The molecule has 0 fully saturated rings. The molecular formula is C30H25ClF3N3O4S. The number of methoxy groups -OCH3 is 1. The van der Waals surface area contributed by atoms with Gasteiger partial charge in [-0.15, -0.1) is 23.7 Å². The Balaban J connectivity index is 0.00000405. The molecule has 2 atom stereocenters. The minimum atomic E-state index is -4.71. The first-order valence-corrected chi connectivity index (χ1v) is 13.3. The summed E-state index contributed by atoms with van der Waals surface area (Å²) in [6, 6.07) is 19.3. The first kappa shape index (κ1) is 30.8. The molecule has 0 aliphatic heterocycles. The lowest BCUT2D eigenvalue weighted by Crippen LogP contribution is -2.32. The number of nitrogens with zero attached hydrogens (tertiary/aromatic N) is 2. The number of fused-ring (bicyclic) bond motifs is 1. The highest BCUT2D eigenvalue weighted by molar-refractivity contribution is 7.18. The molecule has 0 radical (unpaired) electrons. The van der Waals surface area contributed by atoms with Gasteiger partial charge in [-0.3, -0.25) is 4.79 Å². The molecular weight excluding hydrogens is 591 g/mol. The van der Waals surface area contributed by atoms with Crippen molar-refractivity contribution in [2.24, 2.45) is 5.73 Å². The Morgan fingerprint density at radius 1 is 1.00 bits per heavy atom. The second kappa shape index (κ2) is 12.8. The number of aliphatic carboxylic acids is 1. The average molecular weight is 616 g/mol. The maximum atomic E-state index is 14.2. The summed E-state index contributed by atoms with van der Waals surface area (Å²) in [5.74, 6) is -0.619. The van der Waals surface area contributed by atoms with Gasteiger partial charge < -0.3 is 20.3 Å². The maximum Gasteiger partial charge on any atom is 0.429 e. The maximum absolute atomic E-state index is 14.2. The lowest BCUT2D eigenvalue weighted by atomic mass is 10.0. The standard InChI is InChI=1S/C30H24F3N3O4S.ClH/c1-39-22-4-2-3-21(14-22)18-9-11-20(12-10-18)27(30(31,32)33)40-28-26-25(35-16-36-28)23(15-41-26)19-7-5-17(6-8-19)13-24(34)29(37)38;/h2-12,14-16,24,27H,13,34H2,1H3,(H,37,38);1H/t24?,27-;/m1./s1. The minimum Gasteiger partial charge on any atom is -0.497 e. The number of hydrogen-bond donors (Lipinski definition) is 2. The Labute approximate surface area is 249 Å². The van der Waals surface area contributed by atoms with Gasteiger partial charge in [-0.2, -0.15) is 13.2 Å². The smallest absolute Gasteiger partial charge is 0.429 e. The van der Waals surface area contributed by atoms with E-state index in [4.69, 9.17) is 20.3 Å². The van der Waals surface area contributed by atoms with Crippen molar-refractivity contribution in [3.8, 4) is 33.9 Å². The summed E-state index contributed by atoms with van der Waals surface area (Å²) >= 11 is 1.18. The number of thiophene rings is 1. The van der Waals surface area contributed by atoms with E-state index in [-0.39, 0.29) is 30.3 Å². The summed E-state index contributed by atoms with van der Waals surface area (Å²) in [7, 11) is 1.55. The Bertz CT molecular complexity index is 1680. The van der Waals surface area contributed by atoms with Gasteiger partial charge in [0.2, 0.25) is 12.0 Å². The molecule has 42 heavy (non-hydrogen) atoms. The fourth-order valence-electron chi connectivity index (χ4n) is 4.37. The number of nitrogens with two attached hydrogens (primary N) is 1. The molecule has 3 N–H and O–H groups in total. The number of aromatic nitrogens is 2. The molecule has 0 bridgehead atoms. The van der Waals surface area contributed by atoms with Gasteiger partial charge in [0.15, 0.2) is 0 Å². The number of carbonyl (C=O) groups is 1. The zero-order chi connectivity index (χ0) is 29.1. The topological polar surface area (TPSA) is 108 Å². The normalized spacial score (nSPS) is 12.8. The monoisotopic (exact) mass is 615 g/mol. The molecule has 5 aromatic rings. The van der Waals surface area contributed by atoms with E-state index in [2.05, 4.69) is 9.97 Å². The quantitative estimate of drug-likeness (QED) is 0.182. The fraction of sp³-hybridized carbons (Fsp3) is 0.167. The van der Waals surface area contributed by atoms with E-state index in [0.717, 1.165) is 22.3 Å². The van der Waals surface area contributed by atoms with Crippen molar-refractivity contribution in [2.75, 3.05) is 7.11 Å². The molecule has 218 valence electrons. The predicted molar refractivity (Wildman–Crippen MR) is 157 cm³/mol. The van der Waals surface area contributed by atoms with Crippen LogP contribution >= 0.6 is 23.7 Å². The predicted octanol–water partition coefficient (Wildman–Crippen LogP) is 7.09. The molecule has 0 amide bonds. The molecule has 2 heterocycles. The van der Waals surface area contributed by atoms with Crippen molar-refractivity contribution < 1.29 is 32.5 Å². The van der Waals surface area contributed by atoms with E-state index in [1.807, 2.05) is 12.1 Å². The first-order valence-electron chi connectivity index (χ1n) is 12.4. The van der Waals surface area contributed by atoms with Crippen LogP contribution in [0.2, 0.25) is 0 Å². The van der Waals surface area contributed by atoms with Gasteiger partial charge in [0.25, 0.3) is 0 Å². The number of rotatable bonds is 9. The van der Waals surface area contributed by atoms with Crippen LogP contribution in [-0.2, 0) is 11.2 Å². The van der Waals surface area contributed by atoms with Gasteiger partial charge in [-0.25, -0.2) is 9.97 Å². The van der Waals surface area contributed by atoms with Crippen molar-refractivity contribution >= 4 is 39.9 Å². The molecule has 5 rings (SSSR count). The number of halogens is 4. The SMILES string of the molecule is COc1cccc(-c2ccc([C@@H](Oc3ncnc4c(-c5ccc(CC(N)C(=O)O)cc5)csc34)C(F)(F)F)cc2)c1.Cl. The van der Waals surface area contributed by atoms with Crippen LogP contribution < -0.4 is 15.2 Å². The Kier molecular flexibility index (Phi) is 9.35. The van der Waals surface area contributed by atoms with Crippen molar-refractivity contribution in [3.63, 3.8) is 0 Å². The molecule has 12 heteroatoms. The third kappa shape index (κ3) is 6.64. The van der Waals surface area contributed by atoms with Crippen LogP contribution in [0.3, 0.4) is 0 Å². The molecule has 0 spiro atoms. The zero-order valence-electron chi connectivity index (χ0n) is 22.0. The van der Waals surface area contributed by atoms with Crippen molar-refractivity contribution in [1.29, 1.82) is 0 Å². The van der Waals surface area contributed by atoms with Crippen LogP contribution in [0, 0.1) is 0 Å². The zero-order valence-corrected chi connectivity index (χ0v) is 23.7. The van der Waals surface area contributed by atoms with Crippen LogP contribution in [-0.4, -0.2) is 40.4 Å². The second-order valence-electron chi connectivity index (χ2n) is 9.25. The lowest BCUT2D eigenvalue weighted by molar-refractivity contribution is -0.198. The number of hydrogen-bond acceptors (Lipinski definition) is 7. The van der Waals surface area contributed by atoms with Crippen LogP contribution in [0.25, 0.3) is 32.5 Å². The third-order valence-corrected chi connectivity index (χ3v) is 7.46. The van der Waals surface area contributed by atoms with Gasteiger partial charge in [0.1, 0.15) is 22.8 Å². The van der Waals surface area contributed by atoms with Gasteiger partial charge in [0.05, 0.1) is 12.6 Å². The van der Waals surface area contributed by atoms with Crippen molar-refractivity contribution in [2.45, 2.75) is 24.7 Å². The number of benzene rings is 3. The first-order chi connectivity index (χ1) is 19.6. The van der Waals surface area contributed by atoms with E-state index < -0.39 is 24.3 Å². The highest BCUT2D eigenvalue weighted by Crippen LogP contribution is 2.42. The molecule has 0 aliphatic carbocycles. The average Bonchev–Trinajstić information content (AvgIpc) is 3.41. The molecule has 0 saturated heterocycles. The highest BCUT2D eigenvalue weighted by Gasteiger charge is 2.43. The molecule has 2 aromatic heterocycles. The highest BCUT2D eigenvalue weighted by atomic mass is 35.5. The van der Waals surface area contributed by atoms with Crippen LogP contribution in [0.5, 0.6) is 11.6 Å². The Hall–Kier alpha value is -4.19.